The number of amides is 1. The molecule has 3 atom stereocenters. The number of thioether (sulfide) groups is 1. The highest BCUT2D eigenvalue weighted by molar-refractivity contribution is 8.00. The van der Waals surface area contributed by atoms with Crippen LogP contribution in [0.25, 0.3) is 0 Å². The molecule has 2 rings (SSSR count). The number of hydrogen-bond donors (Lipinski definition) is 1. The van der Waals surface area contributed by atoms with Crippen LogP contribution in [0, 0.1) is 5.92 Å². The standard InChI is InChI=1S/C13H24N2O3S2/c1-10-4-3-5-13(14,8-10)12(16)15-6-7-19-9-11(15)20(2,17)18/h10-11H,3-9,14H2,1-2H3. The van der Waals surface area contributed by atoms with E-state index in [9.17, 15) is 13.2 Å². The number of rotatable bonds is 2. The van der Waals surface area contributed by atoms with Crippen molar-refractivity contribution in [2.45, 2.75) is 43.5 Å². The SMILES string of the molecule is CC1CCCC(N)(C(=O)N2CCSCC2S(C)(=O)=O)C1. The Morgan fingerprint density at radius 3 is 2.75 bits per heavy atom. The van der Waals surface area contributed by atoms with Crippen LogP contribution in [-0.4, -0.2) is 54.4 Å². The fourth-order valence-corrected chi connectivity index (χ4v) is 6.06. The molecule has 3 unspecified atom stereocenters. The summed E-state index contributed by atoms with van der Waals surface area (Å²) >= 11 is 1.58. The molecule has 1 heterocycles. The molecule has 0 aromatic rings. The Kier molecular flexibility index (Phi) is 4.71. The minimum atomic E-state index is -3.27. The molecule has 0 spiro atoms. The zero-order chi connectivity index (χ0) is 15.0. The number of nitrogens with zero attached hydrogens (tertiary/aromatic N) is 1. The van der Waals surface area contributed by atoms with E-state index in [4.69, 9.17) is 5.73 Å². The van der Waals surface area contributed by atoms with E-state index in [2.05, 4.69) is 6.92 Å². The zero-order valence-corrected chi connectivity index (χ0v) is 13.8. The van der Waals surface area contributed by atoms with Gasteiger partial charge < -0.3 is 10.6 Å². The average Bonchev–Trinajstić information content (AvgIpc) is 2.36. The molecule has 1 amide bonds. The first kappa shape index (κ1) is 16.1. The first-order valence-corrected chi connectivity index (χ1v) is 10.2. The summed E-state index contributed by atoms with van der Waals surface area (Å²) in [5.41, 5.74) is 5.46. The van der Waals surface area contributed by atoms with Crippen molar-refractivity contribution in [1.29, 1.82) is 0 Å². The van der Waals surface area contributed by atoms with E-state index in [1.54, 1.807) is 11.8 Å². The molecule has 2 fully saturated rings. The average molecular weight is 320 g/mol. The largest absolute Gasteiger partial charge is 0.322 e. The first-order chi connectivity index (χ1) is 9.24. The van der Waals surface area contributed by atoms with Gasteiger partial charge in [0.25, 0.3) is 0 Å². The van der Waals surface area contributed by atoms with Gasteiger partial charge in [0.1, 0.15) is 5.37 Å². The highest BCUT2D eigenvalue weighted by Gasteiger charge is 2.45. The van der Waals surface area contributed by atoms with Gasteiger partial charge in [0.05, 0.1) is 5.54 Å². The van der Waals surface area contributed by atoms with E-state index in [1.807, 2.05) is 0 Å². The van der Waals surface area contributed by atoms with E-state index in [1.165, 1.54) is 11.2 Å². The summed E-state index contributed by atoms with van der Waals surface area (Å²) in [5, 5.41) is -0.716. The van der Waals surface area contributed by atoms with Gasteiger partial charge in [-0.05, 0) is 18.8 Å². The maximum absolute atomic E-state index is 12.8. The Hall–Kier alpha value is -0.270. The molecular weight excluding hydrogens is 296 g/mol. The van der Waals surface area contributed by atoms with Crippen molar-refractivity contribution in [2.24, 2.45) is 11.7 Å². The minimum absolute atomic E-state index is 0.167. The summed E-state index contributed by atoms with van der Waals surface area (Å²) in [7, 11) is -3.27. The highest BCUT2D eigenvalue weighted by atomic mass is 32.2. The molecule has 0 radical (unpaired) electrons. The summed E-state index contributed by atoms with van der Waals surface area (Å²) in [6.07, 6.45) is 4.56. The smallest absolute Gasteiger partial charge is 0.243 e. The monoisotopic (exact) mass is 320 g/mol. The van der Waals surface area contributed by atoms with Gasteiger partial charge in [-0.15, -0.1) is 0 Å². The normalized spacial score (nSPS) is 35.9. The van der Waals surface area contributed by atoms with E-state index < -0.39 is 20.8 Å². The molecule has 1 saturated heterocycles. The third kappa shape index (κ3) is 3.31. The van der Waals surface area contributed by atoms with Crippen molar-refractivity contribution in [3.8, 4) is 0 Å². The van der Waals surface area contributed by atoms with Gasteiger partial charge >= 0.3 is 0 Å². The number of hydrogen-bond acceptors (Lipinski definition) is 5. The third-order valence-corrected chi connectivity index (χ3v) is 6.94. The fraction of sp³-hybridized carbons (Fsp3) is 0.923. The zero-order valence-electron chi connectivity index (χ0n) is 12.2. The Morgan fingerprint density at radius 1 is 1.45 bits per heavy atom. The topological polar surface area (TPSA) is 80.5 Å². The van der Waals surface area contributed by atoms with Crippen LogP contribution in [0.5, 0.6) is 0 Å². The molecule has 0 aromatic heterocycles. The second-order valence-corrected chi connectivity index (χ2v) is 9.57. The quantitative estimate of drug-likeness (QED) is 0.815. The lowest BCUT2D eigenvalue weighted by Crippen LogP contribution is -2.62. The molecule has 2 N–H and O–H groups in total. The molecule has 0 bridgehead atoms. The van der Waals surface area contributed by atoms with Crippen molar-refractivity contribution in [1.82, 2.24) is 4.90 Å². The maximum atomic E-state index is 12.8. The summed E-state index contributed by atoms with van der Waals surface area (Å²) in [4.78, 5) is 14.3. The number of carbonyl (C=O) groups excluding carboxylic acids is 1. The van der Waals surface area contributed by atoms with Gasteiger partial charge in [-0.1, -0.05) is 19.8 Å². The second kappa shape index (κ2) is 5.85. The first-order valence-electron chi connectivity index (χ1n) is 7.10. The lowest BCUT2D eigenvalue weighted by molar-refractivity contribution is -0.139. The number of carbonyl (C=O) groups is 1. The Morgan fingerprint density at radius 2 is 2.15 bits per heavy atom. The molecule has 116 valence electrons. The van der Waals surface area contributed by atoms with Crippen molar-refractivity contribution in [3.63, 3.8) is 0 Å². The third-order valence-electron chi connectivity index (χ3n) is 4.30. The molecule has 1 saturated carbocycles. The van der Waals surface area contributed by atoms with Crippen LogP contribution >= 0.6 is 11.8 Å². The molecule has 1 aliphatic carbocycles. The molecule has 20 heavy (non-hydrogen) atoms. The molecule has 0 aromatic carbocycles. The van der Waals surface area contributed by atoms with Crippen LogP contribution in [0.2, 0.25) is 0 Å². The van der Waals surface area contributed by atoms with Crippen LogP contribution in [0.1, 0.15) is 32.6 Å². The fourth-order valence-electron chi connectivity index (χ4n) is 3.24. The van der Waals surface area contributed by atoms with Crippen LogP contribution in [0.15, 0.2) is 0 Å². The molecule has 7 heteroatoms. The van der Waals surface area contributed by atoms with Crippen molar-refractivity contribution >= 4 is 27.5 Å². The Bertz CT molecular complexity index is 480. The van der Waals surface area contributed by atoms with E-state index >= 15 is 0 Å². The predicted octanol–water partition coefficient (Wildman–Crippen LogP) is 0.840. The van der Waals surface area contributed by atoms with Crippen molar-refractivity contribution in [2.75, 3.05) is 24.3 Å². The molecule has 1 aliphatic heterocycles. The molecule has 2 aliphatic rings. The van der Waals surface area contributed by atoms with Gasteiger partial charge in [0, 0.05) is 24.3 Å². The summed E-state index contributed by atoms with van der Waals surface area (Å²) in [5.74, 6) is 1.49. The van der Waals surface area contributed by atoms with E-state index in [-0.39, 0.29) is 5.91 Å². The Balaban J connectivity index is 2.21. The molecular formula is C13H24N2O3S2. The highest BCUT2D eigenvalue weighted by Crippen LogP contribution is 2.33. The van der Waals surface area contributed by atoms with Crippen LogP contribution in [0.3, 0.4) is 0 Å². The second-order valence-electron chi connectivity index (χ2n) is 6.22. The van der Waals surface area contributed by atoms with Crippen LogP contribution < -0.4 is 5.73 Å². The van der Waals surface area contributed by atoms with E-state index in [0.717, 1.165) is 18.6 Å². The van der Waals surface area contributed by atoms with Gasteiger partial charge in [-0.25, -0.2) is 8.42 Å². The lowest BCUT2D eigenvalue weighted by atomic mass is 9.76. The van der Waals surface area contributed by atoms with Gasteiger partial charge in [-0.2, -0.15) is 11.8 Å². The van der Waals surface area contributed by atoms with Gasteiger partial charge in [0.2, 0.25) is 5.91 Å². The molecule has 5 nitrogen and oxygen atoms in total. The van der Waals surface area contributed by atoms with Crippen LogP contribution in [-0.2, 0) is 14.6 Å². The van der Waals surface area contributed by atoms with E-state index in [0.29, 0.717) is 31.1 Å². The number of nitrogens with two attached hydrogens (primary N) is 1. The predicted molar refractivity (Wildman–Crippen MR) is 82.2 cm³/mol. The van der Waals surface area contributed by atoms with Crippen molar-refractivity contribution in [3.05, 3.63) is 0 Å². The van der Waals surface area contributed by atoms with Gasteiger partial charge in [-0.3, -0.25) is 4.79 Å². The maximum Gasteiger partial charge on any atom is 0.243 e. The minimum Gasteiger partial charge on any atom is -0.322 e. The van der Waals surface area contributed by atoms with Crippen LogP contribution in [0.4, 0.5) is 0 Å². The Labute approximate surface area is 125 Å². The summed E-state index contributed by atoms with van der Waals surface area (Å²) < 4.78 is 23.8. The van der Waals surface area contributed by atoms with Crippen molar-refractivity contribution < 1.29 is 13.2 Å². The summed E-state index contributed by atoms with van der Waals surface area (Å²) in [6.45, 7) is 2.59. The van der Waals surface area contributed by atoms with Gasteiger partial charge in [0.15, 0.2) is 9.84 Å². The summed E-state index contributed by atoms with van der Waals surface area (Å²) in [6, 6.07) is 0. The number of sulfone groups is 1. The lowest BCUT2D eigenvalue weighted by Gasteiger charge is -2.42.